The maximum Gasteiger partial charge on any atom is 0.324 e. The van der Waals surface area contributed by atoms with E-state index in [1.54, 1.807) is 0 Å². The molecular weight excluding hydrogens is 435 g/mol. The number of imide groups is 1. The summed E-state index contributed by atoms with van der Waals surface area (Å²) in [6, 6.07) is 0.0586. The first kappa shape index (κ1) is 21.7. The normalized spacial score (nSPS) is 19.4. The first-order chi connectivity index (χ1) is 11.6. The van der Waals surface area contributed by atoms with Gasteiger partial charge in [0.05, 0.1) is 19.6 Å². The number of nitrogens with one attached hydrogen (secondary N) is 3. The smallest absolute Gasteiger partial charge is 0.324 e. The van der Waals surface area contributed by atoms with Crippen LogP contribution in [-0.4, -0.2) is 79.6 Å². The molecule has 0 radical (unpaired) electrons. The molecule has 2 heterocycles. The van der Waals surface area contributed by atoms with Crippen LogP contribution in [0.2, 0.25) is 0 Å². The Kier molecular flexibility index (Phi) is 9.79. The molecule has 0 aromatic rings. The van der Waals surface area contributed by atoms with E-state index in [0.29, 0.717) is 19.1 Å². The number of halogens is 1. The second kappa shape index (κ2) is 11.3. The monoisotopic (exact) mass is 464 g/mol. The maximum atomic E-state index is 11.5. The van der Waals surface area contributed by atoms with Gasteiger partial charge in [0.1, 0.15) is 0 Å². The maximum absolute atomic E-state index is 11.5. The van der Waals surface area contributed by atoms with Crippen LogP contribution >= 0.6 is 24.0 Å². The van der Waals surface area contributed by atoms with Crippen molar-refractivity contribution in [3.63, 3.8) is 0 Å². The lowest BCUT2D eigenvalue weighted by Gasteiger charge is -2.32. The Balaban J connectivity index is 0.00000312. The first-order valence-electron chi connectivity index (χ1n) is 8.60. The van der Waals surface area contributed by atoms with Crippen molar-refractivity contribution in [3.8, 4) is 0 Å². The van der Waals surface area contributed by atoms with Crippen molar-refractivity contribution >= 4 is 41.9 Å². The summed E-state index contributed by atoms with van der Waals surface area (Å²) in [5, 5.41) is 9.18. The predicted octanol–water partition coefficient (Wildman–Crippen LogP) is 0.362. The van der Waals surface area contributed by atoms with Gasteiger partial charge in [0.2, 0.25) is 5.91 Å². The summed E-state index contributed by atoms with van der Waals surface area (Å²) in [5.41, 5.74) is 0. The lowest BCUT2D eigenvalue weighted by atomic mass is 10.1. The minimum Gasteiger partial charge on any atom is -0.357 e. The lowest BCUT2D eigenvalue weighted by Crippen LogP contribution is -2.49. The molecule has 142 valence electrons. The fourth-order valence-corrected chi connectivity index (χ4v) is 2.90. The minimum atomic E-state index is -0.331. The Hall–Kier alpha value is -1.36. The van der Waals surface area contributed by atoms with Crippen LogP contribution in [0, 0.1) is 0 Å². The first-order valence-corrected chi connectivity index (χ1v) is 8.60. The number of aliphatic imine (C=N–C) groups is 1. The molecule has 0 unspecified atom stereocenters. The van der Waals surface area contributed by atoms with Gasteiger partial charge in [-0.25, -0.2) is 4.79 Å². The molecule has 0 aromatic heterocycles. The molecule has 0 bridgehead atoms. The van der Waals surface area contributed by atoms with Crippen molar-refractivity contribution in [2.45, 2.75) is 25.8 Å². The largest absolute Gasteiger partial charge is 0.357 e. The summed E-state index contributed by atoms with van der Waals surface area (Å²) in [5.74, 6) is 0.550. The van der Waals surface area contributed by atoms with E-state index in [0.717, 1.165) is 45.0 Å². The van der Waals surface area contributed by atoms with Gasteiger partial charge in [-0.05, 0) is 19.8 Å². The van der Waals surface area contributed by atoms with Gasteiger partial charge in [-0.15, -0.1) is 30.6 Å². The predicted molar refractivity (Wildman–Crippen MR) is 109 cm³/mol. The van der Waals surface area contributed by atoms with Gasteiger partial charge in [-0.3, -0.25) is 19.6 Å². The average Bonchev–Trinajstić information content (AvgIpc) is 2.89. The van der Waals surface area contributed by atoms with Crippen LogP contribution in [0.25, 0.3) is 0 Å². The number of guanidine groups is 1. The van der Waals surface area contributed by atoms with Crippen LogP contribution in [0.1, 0.15) is 19.8 Å². The number of urea groups is 1. The molecule has 2 aliphatic rings. The van der Waals surface area contributed by atoms with Crippen LogP contribution in [0.4, 0.5) is 4.79 Å². The zero-order valence-corrected chi connectivity index (χ0v) is 17.1. The van der Waals surface area contributed by atoms with Crippen LogP contribution in [0.5, 0.6) is 0 Å². The van der Waals surface area contributed by atoms with Gasteiger partial charge in [-0.1, -0.05) is 6.08 Å². The molecule has 0 atom stereocenters. The molecule has 9 heteroatoms. The molecule has 2 aliphatic heterocycles. The van der Waals surface area contributed by atoms with E-state index in [4.69, 9.17) is 0 Å². The summed E-state index contributed by atoms with van der Waals surface area (Å²) in [7, 11) is 0. The molecule has 0 spiro atoms. The highest BCUT2D eigenvalue weighted by molar-refractivity contribution is 14.0. The average molecular weight is 464 g/mol. The molecule has 0 aromatic carbocycles. The molecule has 2 rings (SSSR count). The van der Waals surface area contributed by atoms with Crippen molar-refractivity contribution in [2.75, 3.05) is 45.8 Å². The summed E-state index contributed by atoms with van der Waals surface area (Å²) >= 11 is 0. The molecule has 3 N–H and O–H groups in total. The SMILES string of the molecule is C=CCN1CCC(NC(=NCCN2C(=O)CNC2=O)NCC)CC1.I. The second-order valence-electron chi connectivity index (χ2n) is 5.97. The second-order valence-corrected chi connectivity index (χ2v) is 5.97. The zero-order chi connectivity index (χ0) is 17.4. The van der Waals surface area contributed by atoms with Crippen molar-refractivity contribution in [1.29, 1.82) is 0 Å². The lowest BCUT2D eigenvalue weighted by molar-refractivity contribution is -0.124. The number of rotatable bonds is 7. The van der Waals surface area contributed by atoms with Gasteiger partial charge in [0.25, 0.3) is 0 Å². The summed E-state index contributed by atoms with van der Waals surface area (Å²) in [6.07, 6.45) is 4.06. The van der Waals surface area contributed by atoms with E-state index in [9.17, 15) is 9.59 Å². The number of piperidine rings is 1. The van der Waals surface area contributed by atoms with Crippen LogP contribution < -0.4 is 16.0 Å². The zero-order valence-electron chi connectivity index (χ0n) is 14.8. The Morgan fingerprint density at radius 2 is 2.12 bits per heavy atom. The van der Waals surface area contributed by atoms with Gasteiger partial charge < -0.3 is 16.0 Å². The Labute approximate surface area is 166 Å². The molecule has 8 nitrogen and oxygen atoms in total. The van der Waals surface area contributed by atoms with E-state index >= 15 is 0 Å². The van der Waals surface area contributed by atoms with Crippen LogP contribution in [0.3, 0.4) is 0 Å². The van der Waals surface area contributed by atoms with Gasteiger partial charge in [0.15, 0.2) is 5.96 Å². The number of hydrogen-bond acceptors (Lipinski definition) is 4. The summed E-state index contributed by atoms with van der Waals surface area (Å²) in [6.45, 7) is 10.4. The quantitative estimate of drug-likeness (QED) is 0.167. The number of amides is 3. The van der Waals surface area contributed by atoms with E-state index < -0.39 is 0 Å². The van der Waals surface area contributed by atoms with Crippen molar-refractivity contribution in [3.05, 3.63) is 12.7 Å². The molecule has 0 aliphatic carbocycles. The van der Waals surface area contributed by atoms with Crippen molar-refractivity contribution < 1.29 is 9.59 Å². The number of carbonyl (C=O) groups is 2. The Bertz CT molecular complexity index is 475. The molecule has 2 fully saturated rings. The fourth-order valence-electron chi connectivity index (χ4n) is 2.90. The Morgan fingerprint density at radius 3 is 2.68 bits per heavy atom. The van der Waals surface area contributed by atoms with Gasteiger partial charge in [0, 0.05) is 32.2 Å². The molecule has 0 saturated carbocycles. The number of nitrogens with zero attached hydrogens (tertiary/aromatic N) is 3. The van der Waals surface area contributed by atoms with Crippen molar-refractivity contribution in [2.24, 2.45) is 4.99 Å². The topological polar surface area (TPSA) is 89.1 Å². The van der Waals surface area contributed by atoms with E-state index in [2.05, 4.69) is 32.4 Å². The van der Waals surface area contributed by atoms with E-state index in [1.165, 1.54) is 4.90 Å². The minimum absolute atomic E-state index is 0. The highest BCUT2D eigenvalue weighted by Gasteiger charge is 2.27. The molecular formula is C16H29IN6O2. The fraction of sp³-hybridized carbons (Fsp3) is 0.688. The molecule has 3 amide bonds. The van der Waals surface area contributed by atoms with Crippen LogP contribution in [0.15, 0.2) is 17.6 Å². The number of hydrogen-bond donors (Lipinski definition) is 3. The van der Waals surface area contributed by atoms with Gasteiger partial charge in [-0.2, -0.15) is 0 Å². The third-order valence-corrected chi connectivity index (χ3v) is 4.19. The highest BCUT2D eigenvalue weighted by atomic mass is 127. The van der Waals surface area contributed by atoms with E-state index in [1.807, 2.05) is 13.0 Å². The molecule has 2 saturated heterocycles. The highest BCUT2D eigenvalue weighted by Crippen LogP contribution is 2.09. The van der Waals surface area contributed by atoms with Crippen LogP contribution in [-0.2, 0) is 4.79 Å². The van der Waals surface area contributed by atoms with Gasteiger partial charge >= 0.3 is 6.03 Å². The molecule has 25 heavy (non-hydrogen) atoms. The third-order valence-electron chi connectivity index (χ3n) is 4.19. The standard InChI is InChI=1S/C16H28N6O2.HI/c1-3-8-21-9-5-13(6-10-21)20-15(17-4-2)18-7-11-22-14(23)12-19-16(22)24;/h3,13H,1,4-12H2,2H3,(H,19,24)(H2,17,18,20);1H. The number of likely N-dealkylation sites (tertiary alicyclic amines) is 1. The summed E-state index contributed by atoms with van der Waals surface area (Å²) < 4.78 is 0. The Morgan fingerprint density at radius 1 is 1.40 bits per heavy atom. The van der Waals surface area contributed by atoms with Crippen molar-refractivity contribution in [1.82, 2.24) is 25.8 Å². The van der Waals surface area contributed by atoms with E-state index in [-0.39, 0.29) is 42.5 Å². The summed E-state index contributed by atoms with van der Waals surface area (Å²) in [4.78, 5) is 31.1. The number of carbonyl (C=O) groups excluding carboxylic acids is 2. The third kappa shape index (κ3) is 6.81.